The summed E-state index contributed by atoms with van der Waals surface area (Å²) < 4.78 is 2.11. The SMILES string of the molecule is O=C1Nc2ccccc2-c2nc3ccccc3n2C1CCc1ccccc1. The van der Waals surface area contributed by atoms with Gasteiger partial charge in [0.05, 0.1) is 16.7 Å². The van der Waals surface area contributed by atoms with Crippen LogP contribution in [0.4, 0.5) is 5.69 Å². The van der Waals surface area contributed by atoms with Crippen molar-refractivity contribution in [3.63, 3.8) is 0 Å². The molecule has 4 aromatic rings. The molecule has 0 bridgehead atoms. The van der Waals surface area contributed by atoms with Crippen molar-refractivity contribution >= 4 is 22.6 Å². The highest BCUT2D eigenvalue weighted by Crippen LogP contribution is 2.37. The molecule has 2 heterocycles. The van der Waals surface area contributed by atoms with Crippen LogP contribution >= 0.6 is 0 Å². The summed E-state index contributed by atoms with van der Waals surface area (Å²) in [7, 11) is 0. The van der Waals surface area contributed by atoms with E-state index in [1.807, 2.05) is 66.7 Å². The minimum Gasteiger partial charge on any atom is -0.324 e. The summed E-state index contributed by atoms with van der Waals surface area (Å²) in [6.45, 7) is 0. The number of carbonyl (C=O) groups excluding carboxylic acids is 1. The second-order valence-corrected chi connectivity index (χ2v) is 6.87. The molecule has 5 rings (SSSR count). The Kier molecular flexibility index (Phi) is 3.75. The molecule has 1 amide bonds. The van der Waals surface area contributed by atoms with Crippen molar-refractivity contribution < 1.29 is 4.79 Å². The zero-order valence-corrected chi connectivity index (χ0v) is 14.8. The van der Waals surface area contributed by atoms with Crippen molar-refractivity contribution in [1.82, 2.24) is 9.55 Å². The summed E-state index contributed by atoms with van der Waals surface area (Å²) in [5.41, 5.74) is 4.93. The Morgan fingerprint density at radius 2 is 1.63 bits per heavy atom. The van der Waals surface area contributed by atoms with E-state index in [4.69, 9.17) is 4.98 Å². The first-order valence-corrected chi connectivity index (χ1v) is 9.22. The standard InChI is InChI=1S/C23H19N3O/c27-23-21(15-14-16-8-2-1-3-9-16)26-20-13-7-6-12-19(20)24-22(26)17-10-4-5-11-18(17)25-23/h1-13,21H,14-15H2,(H,25,27). The van der Waals surface area contributed by atoms with E-state index in [1.165, 1.54) is 5.56 Å². The van der Waals surface area contributed by atoms with Crippen molar-refractivity contribution in [2.75, 3.05) is 5.32 Å². The molecule has 1 unspecified atom stereocenters. The Bertz CT molecular complexity index is 1130. The largest absolute Gasteiger partial charge is 0.324 e. The summed E-state index contributed by atoms with van der Waals surface area (Å²) in [4.78, 5) is 18.0. The van der Waals surface area contributed by atoms with E-state index in [0.29, 0.717) is 0 Å². The number of nitrogens with zero attached hydrogens (tertiary/aromatic N) is 2. The van der Waals surface area contributed by atoms with E-state index >= 15 is 0 Å². The maximum Gasteiger partial charge on any atom is 0.247 e. The molecule has 0 fully saturated rings. The van der Waals surface area contributed by atoms with Crippen LogP contribution in [-0.4, -0.2) is 15.5 Å². The lowest BCUT2D eigenvalue weighted by molar-refractivity contribution is -0.119. The van der Waals surface area contributed by atoms with Crippen LogP contribution < -0.4 is 5.32 Å². The second kappa shape index (κ2) is 6.40. The molecular formula is C23H19N3O. The number of aryl methyl sites for hydroxylation is 1. The molecule has 0 spiro atoms. The number of rotatable bonds is 3. The quantitative estimate of drug-likeness (QED) is 0.573. The topological polar surface area (TPSA) is 46.9 Å². The van der Waals surface area contributed by atoms with Crippen molar-refractivity contribution in [3.05, 3.63) is 84.4 Å². The van der Waals surface area contributed by atoms with Crippen LogP contribution in [0.5, 0.6) is 0 Å². The van der Waals surface area contributed by atoms with E-state index in [1.54, 1.807) is 0 Å². The normalized spacial score (nSPS) is 15.7. The highest BCUT2D eigenvalue weighted by molar-refractivity contribution is 6.01. The van der Waals surface area contributed by atoms with Gasteiger partial charge >= 0.3 is 0 Å². The Hall–Kier alpha value is -3.40. The number of aromatic nitrogens is 2. The molecule has 1 aromatic heterocycles. The summed E-state index contributed by atoms with van der Waals surface area (Å²) >= 11 is 0. The van der Waals surface area contributed by atoms with Gasteiger partial charge in [-0.25, -0.2) is 4.98 Å². The minimum absolute atomic E-state index is 0.0142. The van der Waals surface area contributed by atoms with E-state index < -0.39 is 0 Å². The monoisotopic (exact) mass is 353 g/mol. The molecule has 0 saturated heterocycles. The summed E-state index contributed by atoms with van der Waals surface area (Å²) in [5.74, 6) is 0.864. The smallest absolute Gasteiger partial charge is 0.247 e. The lowest BCUT2D eigenvalue weighted by atomic mass is 10.0. The number of para-hydroxylation sites is 3. The van der Waals surface area contributed by atoms with E-state index in [2.05, 4.69) is 22.0 Å². The van der Waals surface area contributed by atoms with Crippen LogP contribution in [0.25, 0.3) is 22.4 Å². The molecule has 1 aliphatic heterocycles. The number of carbonyl (C=O) groups is 1. The predicted molar refractivity (Wildman–Crippen MR) is 108 cm³/mol. The highest BCUT2D eigenvalue weighted by atomic mass is 16.2. The highest BCUT2D eigenvalue weighted by Gasteiger charge is 2.30. The van der Waals surface area contributed by atoms with Crippen molar-refractivity contribution in [2.24, 2.45) is 0 Å². The van der Waals surface area contributed by atoms with Crippen LogP contribution in [0.15, 0.2) is 78.9 Å². The molecule has 1 atom stereocenters. The zero-order valence-electron chi connectivity index (χ0n) is 14.8. The molecule has 27 heavy (non-hydrogen) atoms. The number of hydrogen-bond donors (Lipinski definition) is 1. The van der Waals surface area contributed by atoms with Gasteiger partial charge in [0.2, 0.25) is 5.91 Å². The van der Waals surface area contributed by atoms with Gasteiger partial charge in [-0.15, -0.1) is 0 Å². The summed E-state index contributed by atoms with van der Waals surface area (Å²) in [5, 5.41) is 3.11. The number of fused-ring (bicyclic) bond motifs is 5. The van der Waals surface area contributed by atoms with Crippen LogP contribution in [0.3, 0.4) is 0 Å². The average Bonchev–Trinajstić information content (AvgIpc) is 3.03. The van der Waals surface area contributed by atoms with Crippen LogP contribution in [0.1, 0.15) is 18.0 Å². The molecule has 0 saturated carbocycles. The first-order valence-electron chi connectivity index (χ1n) is 9.22. The van der Waals surface area contributed by atoms with Gasteiger partial charge in [-0.2, -0.15) is 0 Å². The maximum absolute atomic E-state index is 13.1. The van der Waals surface area contributed by atoms with Gasteiger partial charge in [-0.05, 0) is 42.7 Å². The van der Waals surface area contributed by atoms with Gasteiger partial charge in [0.1, 0.15) is 11.9 Å². The lowest BCUT2D eigenvalue weighted by Gasteiger charge is -2.18. The van der Waals surface area contributed by atoms with E-state index in [9.17, 15) is 4.79 Å². The number of imidazole rings is 1. The fraction of sp³-hybridized carbons (Fsp3) is 0.130. The molecular weight excluding hydrogens is 334 g/mol. The van der Waals surface area contributed by atoms with E-state index in [-0.39, 0.29) is 11.9 Å². The third-order valence-corrected chi connectivity index (χ3v) is 5.19. The van der Waals surface area contributed by atoms with Gasteiger partial charge in [0.15, 0.2) is 0 Å². The van der Waals surface area contributed by atoms with E-state index in [0.717, 1.165) is 41.0 Å². The fourth-order valence-electron chi connectivity index (χ4n) is 3.88. The molecule has 0 radical (unpaired) electrons. The molecule has 0 aliphatic carbocycles. The summed E-state index contributed by atoms with van der Waals surface area (Å²) in [6.07, 6.45) is 1.55. The predicted octanol–water partition coefficient (Wildman–Crippen LogP) is 4.83. The third kappa shape index (κ3) is 2.70. The van der Waals surface area contributed by atoms with Crippen molar-refractivity contribution in [3.8, 4) is 11.4 Å². The van der Waals surface area contributed by atoms with Crippen LogP contribution in [0.2, 0.25) is 0 Å². The average molecular weight is 353 g/mol. The van der Waals surface area contributed by atoms with Gasteiger partial charge in [0.25, 0.3) is 0 Å². The molecule has 4 heteroatoms. The molecule has 1 N–H and O–H groups in total. The van der Waals surface area contributed by atoms with Crippen molar-refractivity contribution in [2.45, 2.75) is 18.9 Å². The minimum atomic E-state index is -0.306. The second-order valence-electron chi connectivity index (χ2n) is 6.87. The Balaban J connectivity index is 1.65. The van der Waals surface area contributed by atoms with Gasteiger partial charge in [0, 0.05) is 5.56 Å². The van der Waals surface area contributed by atoms with Gasteiger partial charge in [-0.1, -0.05) is 54.6 Å². The first-order chi connectivity index (χ1) is 13.3. The molecule has 1 aliphatic rings. The number of amides is 1. The Morgan fingerprint density at radius 3 is 2.52 bits per heavy atom. The van der Waals surface area contributed by atoms with Gasteiger partial charge < -0.3 is 9.88 Å². The van der Waals surface area contributed by atoms with Crippen LogP contribution in [0, 0.1) is 0 Å². The number of anilines is 1. The number of nitrogens with one attached hydrogen (secondary N) is 1. The Morgan fingerprint density at radius 1 is 0.889 bits per heavy atom. The maximum atomic E-state index is 13.1. The summed E-state index contributed by atoms with van der Waals surface area (Å²) in [6, 6.07) is 25.9. The number of hydrogen-bond acceptors (Lipinski definition) is 2. The van der Waals surface area contributed by atoms with Crippen molar-refractivity contribution in [1.29, 1.82) is 0 Å². The first kappa shape index (κ1) is 15.8. The third-order valence-electron chi connectivity index (χ3n) is 5.19. The fourth-order valence-corrected chi connectivity index (χ4v) is 3.88. The molecule has 3 aromatic carbocycles. The zero-order chi connectivity index (χ0) is 18.2. The lowest BCUT2D eigenvalue weighted by Crippen LogP contribution is -2.25. The Labute approximate surface area is 157 Å². The van der Waals surface area contributed by atoms with Gasteiger partial charge in [-0.3, -0.25) is 4.79 Å². The number of benzene rings is 3. The molecule has 4 nitrogen and oxygen atoms in total. The van der Waals surface area contributed by atoms with Crippen LogP contribution in [-0.2, 0) is 11.2 Å². The molecule has 132 valence electrons.